The quantitative estimate of drug-likeness (QED) is 0.533. The number of anilines is 1. The Bertz CT molecular complexity index is 1030. The lowest BCUT2D eigenvalue weighted by Gasteiger charge is -2.36. The van der Waals surface area contributed by atoms with Crippen molar-refractivity contribution in [2.75, 3.05) is 11.4 Å². The number of hydrogen-bond donors (Lipinski definition) is 0. The molecule has 0 unspecified atom stereocenters. The SMILES string of the molecule is Cc1noc(C)c1CCN1Sc2ccccc2N(Cc2c(F)cccc2F)C1=O. The van der Waals surface area contributed by atoms with Crippen molar-refractivity contribution in [1.29, 1.82) is 0 Å². The van der Waals surface area contributed by atoms with Gasteiger partial charge in [0.1, 0.15) is 17.4 Å². The van der Waals surface area contributed by atoms with E-state index in [1.54, 1.807) is 16.4 Å². The summed E-state index contributed by atoms with van der Waals surface area (Å²) < 4.78 is 35.2. The predicted molar refractivity (Wildman–Crippen MR) is 107 cm³/mol. The molecule has 0 atom stereocenters. The molecule has 1 aliphatic rings. The lowest BCUT2D eigenvalue weighted by atomic mass is 10.1. The minimum Gasteiger partial charge on any atom is -0.361 e. The zero-order valence-corrected chi connectivity index (χ0v) is 16.8. The van der Waals surface area contributed by atoms with E-state index in [2.05, 4.69) is 5.16 Å². The van der Waals surface area contributed by atoms with E-state index in [0.29, 0.717) is 18.7 Å². The van der Waals surface area contributed by atoms with Crippen molar-refractivity contribution in [1.82, 2.24) is 9.46 Å². The van der Waals surface area contributed by atoms with Crippen molar-refractivity contribution in [2.45, 2.75) is 31.7 Å². The van der Waals surface area contributed by atoms with E-state index in [9.17, 15) is 13.6 Å². The standard InChI is InChI=1S/C21H19F2N3O2S/c1-13-15(14(2)28-24-13)10-11-26-21(27)25(19-8-3-4-9-20(19)29-26)12-16-17(22)6-5-7-18(16)23/h3-9H,10-12H2,1-2H3. The number of rotatable bonds is 5. The van der Waals surface area contributed by atoms with E-state index in [0.717, 1.165) is 21.9 Å². The average molecular weight is 415 g/mol. The maximum absolute atomic E-state index is 14.2. The average Bonchev–Trinajstić information content (AvgIpc) is 3.02. The second-order valence-corrected chi connectivity index (χ2v) is 7.85. The normalized spacial score (nSPS) is 13.7. The third-order valence-electron chi connectivity index (χ3n) is 4.93. The Morgan fingerprint density at radius 2 is 1.76 bits per heavy atom. The van der Waals surface area contributed by atoms with Gasteiger partial charge in [-0.05, 0) is 56.5 Å². The maximum Gasteiger partial charge on any atom is 0.335 e. The molecular formula is C21H19F2N3O2S. The predicted octanol–water partition coefficient (Wildman–Crippen LogP) is 5.26. The third kappa shape index (κ3) is 3.72. The Kier molecular flexibility index (Phi) is 5.27. The maximum atomic E-state index is 14.2. The lowest BCUT2D eigenvalue weighted by Crippen LogP contribution is -2.43. The van der Waals surface area contributed by atoms with Crippen LogP contribution in [0.1, 0.15) is 22.6 Å². The number of benzene rings is 2. The van der Waals surface area contributed by atoms with Gasteiger partial charge in [-0.15, -0.1) is 0 Å². The lowest BCUT2D eigenvalue weighted by molar-refractivity contribution is 0.230. The summed E-state index contributed by atoms with van der Waals surface area (Å²) in [7, 11) is 0. The molecule has 3 aromatic rings. The summed E-state index contributed by atoms with van der Waals surface area (Å²) in [6, 6.07) is 10.7. The van der Waals surface area contributed by atoms with Crippen LogP contribution in [-0.4, -0.2) is 22.0 Å². The molecular weight excluding hydrogens is 396 g/mol. The Hall–Kier alpha value is -2.87. The number of hydrogen-bond acceptors (Lipinski definition) is 4. The Morgan fingerprint density at radius 3 is 2.45 bits per heavy atom. The summed E-state index contributed by atoms with van der Waals surface area (Å²) in [5.41, 5.74) is 2.26. The van der Waals surface area contributed by atoms with Crippen LogP contribution in [-0.2, 0) is 13.0 Å². The van der Waals surface area contributed by atoms with Gasteiger partial charge >= 0.3 is 6.03 Å². The zero-order valence-electron chi connectivity index (χ0n) is 16.0. The molecule has 0 N–H and O–H groups in total. The van der Waals surface area contributed by atoms with E-state index in [1.807, 2.05) is 26.0 Å². The van der Waals surface area contributed by atoms with E-state index < -0.39 is 11.6 Å². The molecule has 0 fully saturated rings. The van der Waals surface area contributed by atoms with Crippen LogP contribution in [0.3, 0.4) is 0 Å². The van der Waals surface area contributed by atoms with Crippen molar-refractivity contribution in [3.05, 3.63) is 76.7 Å². The Morgan fingerprint density at radius 1 is 1.03 bits per heavy atom. The number of aromatic nitrogens is 1. The van der Waals surface area contributed by atoms with Gasteiger partial charge in [-0.2, -0.15) is 0 Å². The topological polar surface area (TPSA) is 49.6 Å². The summed E-state index contributed by atoms with van der Waals surface area (Å²) in [6.07, 6.45) is 0.573. The van der Waals surface area contributed by atoms with Crippen LogP contribution in [0.15, 0.2) is 51.9 Å². The van der Waals surface area contributed by atoms with Crippen molar-refractivity contribution in [2.24, 2.45) is 0 Å². The molecule has 2 amide bonds. The van der Waals surface area contributed by atoms with Crippen LogP contribution in [0.2, 0.25) is 0 Å². The van der Waals surface area contributed by atoms with Crippen LogP contribution in [0.4, 0.5) is 19.3 Å². The molecule has 0 saturated carbocycles. The molecule has 0 radical (unpaired) electrons. The number of fused-ring (bicyclic) bond motifs is 1. The molecule has 150 valence electrons. The number of urea groups is 1. The monoisotopic (exact) mass is 415 g/mol. The van der Waals surface area contributed by atoms with E-state index in [-0.39, 0.29) is 18.1 Å². The molecule has 29 heavy (non-hydrogen) atoms. The summed E-state index contributed by atoms with van der Waals surface area (Å²) in [5, 5.41) is 3.95. The van der Waals surface area contributed by atoms with Crippen LogP contribution >= 0.6 is 11.9 Å². The molecule has 2 heterocycles. The highest BCUT2D eigenvalue weighted by Gasteiger charge is 2.32. The van der Waals surface area contributed by atoms with Gasteiger partial charge in [0.2, 0.25) is 0 Å². The van der Waals surface area contributed by atoms with Gasteiger partial charge in [0.15, 0.2) is 0 Å². The summed E-state index contributed by atoms with van der Waals surface area (Å²) >= 11 is 1.32. The summed E-state index contributed by atoms with van der Waals surface area (Å²) in [6.45, 7) is 3.93. The Labute approximate surface area is 171 Å². The van der Waals surface area contributed by atoms with Crippen molar-refractivity contribution < 1.29 is 18.1 Å². The first-order valence-electron chi connectivity index (χ1n) is 9.16. The van der Waals surface area contributed by atoms with Crippen molar-refractivity contribution >= 4 is 23.7 Å². The fraction of sp³-hybridized carbons (Fsp3) is 0.238. The third-order valence-corrected chi connectivity index (χ3v) is 6.03. The molecule has 1 aromatic heterocycles. The molecule has 8 heteroatoms. The first-order valence-corrected chi connectivity index (χ1v) is 9.93. The summed E-state index contributed by atoms with van der Waals surface area (Å²) in [4.78, 5) is 15.5. The van der Waals surface area contributed by atoms with Gasteiger partial charge in [0, 0.05) is 17.7 Å². The highest BCUT2D eigenvalue weighted by Crippen LogP contribution is 2.39. The number of carbonyl (C=O) groups is 1. The molecule has 5 nitrogen and oxygen atoms in total. The number of para-hydroxylation sites is 1. The second kappa shape index (κ2) is 7.87. The number of nitrogens with zero attached hydrogens (tertiary/aromatic N) is 3. The summed E-state index contributed by atoms with van der Waals surface area (Å²) in [5.74, 6) is -0.616. The number of carbonyl (C=O) groups excluding carboxylic acids is 1. The molecule has 0 bridgehead atoms. The van der Waals surface area contributed by atoms with E-state index in [1.165, 1.54) is 35.0 Å². The molecule has 0 aliphatic carbocycles. The van der Waals surface area contributed by atoms with Crippen LogP contribution in [0.5, 0.6) is 0 Å². The number of halogens is 2. The molecule has 0 spiro atoms. The first kappa shape index (κ1) is 19.4. The highest BCUT2D eigenvalue weighted by atomic mass is 32.2. The molecule has 2 aromatic carbocycles. The molecule has 4 rings (SSSR count). The van der Waals surface area contributed by atoms with Gasteiger partial charge in [-0.25, -0.2) is 13.6 Å². The van der Waals surface area contributed by atoms with E-state index >= 15 is 0 Å². The molecule has 0 saturated heterocycles. The van der Waals surface area contributed by atoms with Gasteiger partial charge in [-0.1, -0.05) is 23.4 Å². The van der Waals surface area contributed by atoms with Gasteiger partial charge in [0.25, 0.3) is 0 Å². The fourth-order valence-electron chi connectivity index (χ4n) is 3.36. The smallest absolute Gasteiger partial charge is 0.335 e. The van der Waals surface area contributed by atoms with Crippen LogP contribution in [0, 0.1) is 25.5 Å². The van der Waals surface area contributed by atoms with Crippen LogP contribution in [0.25, 0.3) is 0 Å². The zero-order chi connectivity index (χ0) is 20.5. The molecule has 1 aliphatic heterocycles. The largest absolute Gasteiger partial charge is 0.361 e. The van der Waals surface area contributed by atoms with Crippen LogP contribution < -0.4 is 4.90 Å². The minimum absolute atomic E-state index is 0.131. The van der Waals surface area contributed by atoms with Crippen molar-refractivity contribution in [3.8, 4) is 0 Å². The first-order chi connectivity index (χ1) is 14.0. The minimum atomic E-state index is -0.671. The van der Waals surface area contributed by atoms with Crippen molar-refractivity contribution in [3.63, 3.8) is 0 Å². The van der Waals surface area contributed by atoms with Gasteiger partial charge in [0.05, 0.1) is 22.8 Å². The Balaban J connectivity index is 1.63. The fourth-order valence-corrected chi connectivity index (χ4v) is 4.37. The van der Waals surface area contributed by atoms with E-state index in [4.69, 9.17) is 4.52 Å². The number of amides is 2. The second-order valence-electron chi connectivity index (χ2n) is 6.78. The highest BCUT2D eigenvalue weighted by molar-refractivity contribution is 7.97. The number of aryl methyl sites for hydroxylation is 2. The van der Waals surface area contributed by atoms with Gasteiger partial charge in [-0.3, -0.25) is 9.21 Å². The van der Waals surface area contributed by atoms with Gasteiger partial charge < -0.3 is 4.52 Å².